The number of hydrogen-bond acceptors (Lipinski definition) is 6. The lowest BCUT2D eigenvalue weighted by atomic mass is 10.2. The van der Waals surface area contributed by atoms with Crippen LogP contribution in [-0.4, -0.2) is 28.1 Å². The van der Waals surface area contributed by atoms with Gasteiger partial charge in [0.1, 0.15) is 6.33 Å². The van der Waals surface area contributed by atoms with Crippen LogP contribution in [0.2, 0.25) is 0 Å². The zero-order chi connectivity index (χ0) is 20.2. The second-order valence-corrected chi connectivity index (χ2v) is 6.22. The number of para-hydroxylation sites is 1. The zero-order valence-corrected chi connectivity index (χ0v) is 15.6. The number of phenols is 1. The van der Waals surface area contributed by atoms with Crippen LogP contribution in [0.4, 0.5) is 11.5 Å². The summed E-state index contributed by atoms with van der Waals surface area (Å²) < 4.78 is 5.17. The summed E-state index contributed by atoms with van der Waals surface area (Å²) >= 11 is 0. The molecule has 0 saturated carbocycles. The minimum Gasteiger partial charge on any atom is -0.504 e. The molecule has 4 aromatic rings. The molecule has 0 aliphatic heterocycles. The Morgan fingerprint density at radius 3 is 2.38 bits per heavy atom. The highest BCUT2D eigenvalue weighted by Gasteiger charge is 2.19. The Morgan fingerprint density at radius 1 is 1.00 bits per heavy atom. The van der Waals surface area contributed by atoms with Crippen LogP contribution in [0.1, 0.15) is 10.4 Å². The number of hydrogen-bond donors (Lipinski definition) is 2. The zero-order valence-electron chi connectivity index (χ0n) is 15.6. The fourth-order valence-corrected chi connectivity index (χ4v) is 2.97. The largest absolute Gasteiger partial charge is 0.504 e. The van der Waals surface area contributed by atoms with E-state index in [1.54, 1.807) is 35.3 Å². The van der Waals surface area contributed by atoms with Gasteiger partial charge in [0.15, 0.2) is 17.3 Å². The molecule has 1 aromatic heterocycles. The number of ether oxygens (including phenoxy) is 1. The molecule has 2 N–H and O–H groups in total. The summed E-state index contributed by atoms with van der Waals surface area (Å²) in [5.41, 5.74) is 4.68. The monoisotopic (exact) mass is 386 g/mol. The molecule has 0 atom stereocenters. The van der Waals surface area contributed by atoms with Crippen LogP contribution in [-0.2, 0) is 0 Å². The van der Waals surface area contributed by atoms with Gasteiger partial charge in [0.25, 0.3) is 5.91 Å². The third kappa shape index (κ3) is 3.66. The number of carbonyl (C=O) groups is 1. The lowest BCUT2D eigenvalue weighted by Crippen LogP contribution is -2.39. The van der Waals surface area contributed by atoms with E-state index >= 15 is 0 Å². The average Bonchev–Trinajstić information content (AvgIpc) is 2.78. The number of nitrogens with zero attached hydrogens (tertiary/aromatic N) is 3. The van der Waals surface area contributed by atoms with Crippen molar-refractivity contribution in [3.05, 3.63) is 84.7 Å². The van der Waals surface area contributed by atoms with Crippen LogP contribution >= 0.6 is 0 Å². The number of aromatic nitrogens is 2. The van der Waals surface area contributed by atoms with Gasteiger partial charge in [0.05, 0.1) is 18.3 Å². The van der Waals surface area contributed by atoms with Gasteiger partial charge in [-0.3, -0.25) is 10.2 Å². The number of aromatic hydroxyl groups is 1. The predicted molar refractivity (Wildman–Crippen MR) is 110 cm³/mol. The molecule has 7 nitrogen and oxygen atoms in total. The molecule has 29 heavy (non-hydrogen) atoms. The molecule has 7 heteroatoms. The second-order valence-electron chi connectivity index (χ2n) is 6.22. The van der Waals surface area contributed by atoms with Crippen molar-refractivity contribution in [2.24, 2.45) is 0 Å². The maximum atomic E-state index is 12.8. The van der Waals surface area contributed by atoms with Gasteiger partial charge in [-0.05, 0) is 30.3 Å². The summed E-state index contributed by atoms with van der Waals surface area (Å²) in [7, 11) is 1.47. The van der Waals surface area contributed by atoms with Crippen molar-refractivity contribution in [3.8, 4) is 11.5 Å². The quantitative estimate of drug-likeness (QED) is 0.507. The molecule has 0 bridgehead atoms. The number of anilines is 2. The van der Waals surface area contributed by atoms with Crippen molar-refractivity contribution in [1.29, 1.82) is 0 Å². The number of benzene rings is 3. The van der Waals surface area contributed by atoms with E-state index in [2.05, 4.69) is 15.4 Å². The molecule has 0 aliphatic carbocycles. The standard InChI is InChI=1S/C22H18N4O3/c1-29-20-13-18-17(12-19(20)27)21(24-14-23-18)26(16-10-6-3-7-11-16)25-22(28)15-8-4-2-5-9-15/h2-14,27H,1H3,(H,25,28). The molecule has 0 radical (unpaired) electrons. The van der Waals surface area contributed by atoms with E-state index in [1.165, 1.54) is 19.5 Å². The van der Waals surface area contributed by atoms with Crippen molar-refractivity contribution in [1.82, 2.24) is 15.4 Å². The molecule has 4 rings (SSSR count). The maximum Gasteiger partial charge on any atom is 0.270 e. The number of nitrogens with one attached hydrogen (secondary N) is 1. The number of fused-ring (bicyclic) bond motifs is 1. The first-order chi connectivity index (χ1) is 14.2. The first kappa shape index (κ1) is 18.2. The molecule has 144 valence electrons. The highest BCUT2D eigenvalue weighted by Crippen LogP contribution is 2.35. The number of rotatable bonds is 5. The first-order valence-corrected chi connectivity index (χ1v) is 8.90. The van der Waals surface area contributed by atoms with Gasteiger partial charge in [-0.15, -0.1) is 0 Å². The smallest absolute Gasteiger partial charge is 0.270 e. The van der Waals surface area contributed by atoms with Crippen LogP contribution in [0.3, 0.4) is 0 Å². The van der Waals surface area contributed by atoms with Crippen LogP contribution in [0.5, 0.6) is 11.5 Å². The van der Waals surface area contributed by atoms with Gasteiger partial charge >= 0.3 is 0 Å². The molecule has 0 aliphatic rings. The molecule has 1 amide bonds. The van der Waals surface area contributed by atoms with Crippen molar-refractivity contribution in [2.75, 3.05) is 12.1 Å². The SMILES string of the molecule is COc1cc2ncnc(N(NC(=O)c3ccccc3)c3ccccc3)c2cc1O. The van der Waals surface area contributed by atoms with Crippen molar-refractivity contribution >= 4 is 28.3 Å². The van der Waals surface area contributed by atoms with Gasteiger partial charge < -0.3 is 9.84 Å². The molecular formula is C22H18N4O3. The summed E-state index contributed by atoms with van der Waals surface area (Å²) in [6, 6.07) is 21.4. The minimum atomic E-state index is -0.293. The Hall–Kier alpha value is -4.13. The van der Waals surface area contributed by atoms with Crippen LogP contribution < -0.4 is 15.2 Å². The van der Waals surface area contributed by atoms with E-state index in [1.807, 2.05) is 36.4 Å². The van der Waals surface area contributed by atoms with Crippen molar-refractivity contribution < 1.29 is 14.6 Å². The topological polar surface area (TPSA) is 87.6 Å². The Morgan fingerprint density at radius 2 is 1.69 bits per heavy atom. The molecular weight excluding hydrogens is 368 g/mol. The number of methoxy groups -OCH3 is 1. The first-order valence-electron chi connectivity index (χ1n) is 8.90. The van der Waals surface area contributed by atoms with Crippen molar-refractivity contribution in [2.45, 2.75) is 0 Å². The lowest BCUT2D eigenvalue weighted by molar-refractivity contribution is 0.0953. The Kier molecular flexibility index (Phi) is 4.94. The van der Waals surface area contributed by atoms with Crippen LogP contribution in [0.15, 0.2) is 79.1 Å². The van der Waals surface area contributed by atoms with E-state index in [9.17, 15) is 9.90 Å². The highest BCUT2D eigenvalue weighted by molar-refractivity contribution is 5.99. The number of hydrazine groups is 1. The normalized spacial score (nSPS) is 10.5. The summed E-state index contributed by atoms with van der Waals surface area (Å²) in [5.74, 6) is 0.391. The Balaban J connectivity index is 1.84. The summed E-state index contributed by atoms with van der Waals surface area (Å²) in [5, 5.41) is 12.4. The van der Waals surface area contributed by atoms with Gasteiger partial charge in [-0.2, -0.15) is 0 Å². The van der Waals surface area contributed by atoms with Crippen LogP contribution in [0, 0.1) is 0 Å². The molecule has 0 fully saturated rings. The molecule has 3 aromatic carbocycles. The molecule has 0 saturated heterocycles. The van der Waals surface area contributed by atoms with E-state index < -0.39 is 0 Å². The van der Waals surface area contributed by atoms with E-state index in [4.69, 9.17) is 4.74 Å². The number of amides is 1. The van der Waals surface area contributed by atoms with Gasteiger partial charge in [0, 0.05) is 17.0 Å². The summed E-state index contributed by atoms with van der Waals surface area (Å²) in [4.78, 5) is 21.5. The lowest BCUT2D eigenvalue weighted by Gasteiger charge is -2.25. The van der Waals surface area contributed by atoms with E-state index in [0.717, 1.165) is 0 Å². The van der Waals surface area contributed by atoms with Gasteiger partial charge in [0.2, 0.25) is 0 Å². The van der Waals surface area contributed by atoms with Gasteiger partial charge in [-0.1, -0.05) is 36.4 Å². The van der Waals surface area contributed by atoms with Gasteiger partial charge in [-0.25, -0.2) is 15.0 Å². The fourth-order valence-electron chi connectivity index (χ4n) is 2.97. The predicted octanol–water partition coefficient (Wildman–Crippen LogP) is 3.83. The number of carbonyl (C=O) groups excluding carboxylic acids is 1. The van der Waals surface area contributed by atoms with E-state index in [-0.39, 0.29) is 11.7 Å². The average molecular weight is 386 g/mol. The minimum absolute atomic E-state index is 0.0431. The Bertz CT molecular complexity index is 1150. The number of phenolic OH excluding ortho intramolecular Hbond substituents is 1. The fraction of sp³-hybridized carbons (Fsp3) is 0.0455. The second kappa shape index (κ2) is 7.85. The molecule has 0 unspecified atom stereocenters. The van der Waals surface area contributed by atoms with Crippen LogP contribution in [0.25, 0.3) is 10.9 Å². The third-order valence-electron chi connectivity index (χ3n) is 4.39. The molecule has 1 heterocycles. The Labute approximate surface area is 167 Å². The molecule has 0 spiro atoms. The third-order valence-corrected chi connectivity index (χ3v) is 4.39. The van der Waals surface area contributed by atoms with E-state index in [0.29, 0.717) is 33.7 Å². The van der Waals surface area contributed by atoms with Crippen molar-refractivity contribution in [3.63, 3.8) is 0 Å². The summed E-state index contributed by atoms with van der Waals surface area (Å²) in [6.45, 7) is 0. The highest BCUT2D eigenvalue weighted by atomic mass is 16.5. The summed E-state index contributed by atoms with van der Waals surface area (Å²) in [6.07, 6.45) is 1.40. The maximum absolute atomic E-state index is 12.8.